The zero-order chi connectivity index (χ0) is 19.0. The Balaban J connectivity index is 0.00000364. The van der Waals surface area contributed by atoms with Crippen LogP contribution >= 0.6 is 24.0 Å². The number of benzene rings is 1. The summed E-state index contributed by atoms with van der Waals surface area (Å²) in [4.78, 5) is 6.75. The van der Waals surface area contributed by atoms with Gasteiger partial charge in [-0.25, -0.2) is 4.99 Å². The van der Waals surface area contributed by atoms with Gasteiger partial charge in [0.15, 0.2) is 5.96 Å². The molecule has 2 N–H and O–H groups in total. The van der Waals surface area contributed by atoms with Crippen LogP contribution in [0, 0.1) is 0 Å². The van der Waals surface area contributed by atoms with Crippen LogP contribution in [0.1, 0.15) is 25.0 Å². The zero-order valence-electron chi connectivity index (χ0n) is 15.7. The molecule has 2 rings (SSSR count). The molecule has 1 aliphatic heterocycles. The van der Waals surface area contributed by atoms with Crippen molar-refractivity contribution < 1.29 is 17.9 Å². The fourth-order valence-electron chi connectivity index (χ4n) is 2.75. The highest BCUT2D eigenvalue weighted by Gasteiger charge is 2.30. The van der Waals surface area contributed by atoms with Gasteiger partial charge in [-0.3, -0.25) is 4.90 Å². The molecule has 27 heavy (non-hydrogen) atoms. The number of halogens is 4. The monoisotopic (exact) mass is 500 g/mol. The molecule has 1 saturated heterocycles. The molecule has 1 aromatic rings. The van der Waals surface area contributed by atoms with E-state index in [4.69, 9.17) is 4.74 Å². The smallest absolute Gasteiger partial charge is 0.379 e. The highest BCUT2D eigenvalue weighted by Crippen LogP contribution is 2.29. The van der Waals surface area contributed by atoms with E-state index >= 15 is 0 Å². The minimum Gasteiger partial charge on any atom is -0.379 e. The second kappa shape index (κ2) is 11.7. The average molecular weight is 500 g/mol. The number of morpholine rings is 1. The predicted octanol–water partition coefficient (Wildman–Crippen LogP) is 3.10. The Morgan fingerprint density at radius 1 is 1.26 bits per heavy atom. The molecule has 1 unspecified atom stereocenters. The number of nitrogens with one attached hydrogen (secondary N) is 2. The molecule has 0 aromatic heterocycles. The molecule has 1 aliphatic rings. The van der Waals surface area contributed by atoms with Gasteiger partial charge >= 0.3 is 6.18 Å². The Labute approximate surface area is 175 Å². The van der Waals surface area contributed by atoms with Gasteiger partial charge in [-0.1, -0.05) is 12.1 Å². The van der Waals surface area contributed by atoms with Gasteiger partial charge in [-0.05, 0) is 31.5 Å². The van der Waals surface area contributed by atoms with Gasteiger partial charge in [0.1, 0.15) is 0 Å². The highest BCUT2D eigenvalue weighted by atomic mass is 127. The second-order valence-electron chi connectivity index (χ2n) is 6.27. The lowest BCUT2D eigenvalue weighted by Gasteiger charge is -2.32. The number of hydrogen-bond acceptors (Lipinski definition) is 3. The molecule has 1 fully saturated rings. The molecule has 0 bridgehead atoms. The lowest BCUT2D eigenvalue weighted by atomic mass is 10.1. The molecule has 0 spiro atoms. The lowest BCUT2D eigenvalue weighted by Crippen LogP contribution is -2.49. The van der Waals surface area contributed by atoms with Gasteiger partial charge in [0, 0.05) is 32.2 Å². The van der Waals surface area contributed by atoms with Gasteiger partial charge in [0.05, 0.1) is 25.3 Å². The van der Waals surface area contributed by atoms with Crippen molar-refractivity contribution in [2.45, 2.75) is 32.6 Å². The number of ether oxygens (including phenoxy) is 1. The Bertz CT molecular complexity index is 592. The number of guanidine groups is 1. The number of alkyl halides is 3. The molecular weight excluding hydrogens is 472 g/mol. The summed E-state index contributed by atoms with van der Waals surface area (Å²) in [5.74, 6) is 0.602. The molecule has 0 saturated carbocycles. The predicted molar refractivity (Wildman–Crippen MR) is 112 cm³/mol. The van der Waals surface area contributed by atoms with Gasteiger partial charge in [-0.15, -0.1) is 24.0 Å². The van der Waals surface area contributed by atoms with Crippen molar-refractivity contribution in [3.63, 3.8) is 0 Å². The summed E-state index contributed by atoms with van der Waals surface area (Å²) >= 11 is 0. The Kier molecular flexibility index (Phi) is 10.4. The summed E-state index contributed by atoms with van der Waals surface area (Å²) in [7, 11) is 0. The second-order valence-corrected chi connectivity index (χ2v) is 6.27. The first kappa shape index (κ1) is 24.0. The van der Waals surface area contributed by atoms with Crippen molar-refractivity contribution in [1.29, 1.82) is 0 Å². The van der Waals surface area contributed by atoms with E-state index in [-0.39, 0.29) is 30.5 Å². The molecule has 0 aliphatic carbocycles. The summed E-state index contributed by atoms with van der Waals surface area (Å²) in [5.41, 5.74) is -0.123. The maximum absolute atomic E-state index is 12.8. The maximum Gasteiger partial charge on any atom is 0.416 e. The van der Waals surface area contributed by atoms with E-state index in [2.05, 4.69) is 27.4 Å². The van der Waals surface area contributed by atoms with Crippen LogP contribution in [0.2, 0.25) is 0 Å². The van der Waals surface area contributed by atoms with E-state index in [1.165, 1.54) is 6.07 Å². The van der Waals surface area contributed by atoms with Crippen LogP contribution < -0.4 is 10.6 Å². The SMILES string of the molecule is CCNC(=NCc1cccc(C(F)(F)F)c1)NCC(C)N1CCOCC1.I. The number of nitrogens with zero attached hydrogens (tertiary/aromatic N) is 2. The number of hydrogen-bond donors (Lipinski definition) is 2. The van der Waals surface area contributed by atoms with Crippen LogP contribution in [0.4, 0.5) is 13.2 Å². The summed E-state index contributed by atoms with van der Waals surface area (Å²) in [6.45, 7) is 8.95. The largest absolute Gasteiger partial charge is 0.416 e. The van der Waals surface area contributed by atoms with Crippen molar-refractivity contribution in [3.8, 4) is 0 Å². The van der Waals surface area contributed by atoms with Crippen LogP contribution in [-0.4, -0.2) is 56.3 Å². The first-order valence-electron chi connectivity index (χ1n) is 8.90. The van der Waals surface area contributed by atoms with E-state index in [1.807, 2.05) is 6.92 Å². The van der Waals surface area contributed by atoms with Crippen LogP contribution in [0.15, 0.2) is 29.3 Å². The molecule has 0 radical (unpaired) electrons. The molecule has 1 aromatic carbocycles. The van der Waals surface area contributed by atoms with E-state index in [9.17, 15) is 13.2 Å². The van der Waals surface area contributed by atoms with E-state index in [0.29, 0.717) is 30.7 Å². The molecule has 0 amide bonds. The van der Waals surface area contributed by atoms with Crippen LogP contribution in [0.5, 0.6) is 0 Å². The minimum absolute atomic E-state index is 0. The quantitative estimate of drug-likeness (QED) is 0.358. The van der Waals surface area contributed by atoms with E-state index in [0.717, 1.165) is 38.4 Å². The molecular formula is C18H28F3IN4O. The lowest BCUT2D eigenvalue weighted by molar-refractivity contribution is -0.137. The fourth-order valence-corrected chi connectivity index (χ4v) is 2.75. The zero-order valence-corrected chi connectivity index (χ0v) is 18.0. The Morgan fingerprint density at radius 2 is 1.96 bits per heavy atom. The van der Waals surface area contributed by atoms with Crippen molar-refractivity contribution in [2.24, 2.45) is 4.99 Å². The first-order chi connectivity index (χ1) is 12.4. The topological polar surface area (TPSA) is 48.9 Å². The summed E-state index contributed by atoms with van der Waals surface area (Å²) in [5, 5.41) is 6.40. The van der Waals surface area contributed by atoms with Crippen molar-refractivity contribution in [3.05, 3.63) is 35.4 Å². The Hall–Kier alpha value is -1.07. The third kappa shape index (κ3) is 8.22. The van der Waals surface area contributed by atoms with Gasteiger partial charge < -0.3 is 15.4 Å². The maximum atomic E-state index is 12.8. The fraction of sp³-hybridized carbons (Fsp3) is 0.611. The third-order valence-corrected chi connectivity index (χ3v) is 4.25. The van der Waals surface area contributed by atoms with Crippen LogP contribution in [0.25, 0.3) is 0 Å². The first-order valence-corrected chi connectivity index (χ1v) is 8.90. The van der Waals surface area contributed by atoms with Crippen LogP contribution in [0.3, 0.4) is 0 Å². The van der Waals surface area contributed by atoms with Crippen molar-refractivity contribution >= 4 is 29.9 Å². The highest BCUT2D eigenvalue weighted by molar-refractivity contribution is 14.0. The molecule has 1 atom stereocenters. The summed E-state index contributed by atoms with van der Waals surface area (Å²) < 4.78 is 43.8. The Morgan fingerprint density at radius 3 is 2.59 bits per heavy atom. The van der Waals surface area contributed by atoms with E-state index < -0.39 is 11.7 Å². The van der Waals surface area contributed by atoms with Crippen LogP contribution in [-0.2, 0) is 17.5 Å². The molecule has 1 heterocycles. The van der Waals surface area contributed by atoms with Crippen molar-refractivity contribution in [1.82, 2.24) is 15.5 Å². The summed E-state index contributed by atoms with van der Waals surface area (Å²) in [6, 6.07) is 5.59. The van der Waals surface area contributed by atoms with Gasteiger partial charge in [0.2, 0.25) is 0 Å². The summed E-state index contributed by atoms with van der Waals surface area (Å²) in [6.07, 6.45) is -4.34. The van der Waals surface area contributed by atoms with Gasteiger partial charge in [-0.2, -0.15) is 13.2 Å². The standard InChI is InChI=1S/C18H27F3N4O.HI/c1-3-22-17(23-12-14(2)25-7-9-26-10-8-25)24-13-15-5-4-6-16(11-15)18(19,20)21;/h4-6,11,14H,3,7-10,12-13H2,1-2H3,(H2,22,23,24);1H. The molecule has 154 valence electrons. The molecule has 9 heteroatoms. The number of aliphatic imine (C=N–C) groups is 1. The van der Waals surface area contributed by atoms with Gasteiger partial charge in [0.25, 0.3) is 0 Å². The average Bonchev–Trinajstić information content (AvgIpc) is 2.64. The molecule has 5 nitrogen and oxygen atoms in total. The third-order valence-electron chi connectivity index (χ3n) is 4.25. The normalized spacial score (nSPS) is 17.1. The number of rotatable bonds is 6. The minimum atomic E-state index is -4.34. The van der Waals surface area contributed by atoms with Crippen molar-refractivity contribution in [2.75, 3.05) is 39.4 Å². The van der Waals surface area contributed by atoms with E-state index in [1.54, 1.807) is 6.07 Å².